The number of nitrogens with two attached hydrogens (primary N) is 1. The summed E-state index contributed by atoms with van der Waals surface area (Å²) in [6.07, 6.45) is 0.142. The second-order valence-electron chi connectivity index (χ2n) is 6.13. The molecule has 1 heterocycles. The van der Waals surface area contributed by atoms with Gasteiger partial charge in [-0.2, -0.15) is 0 Å². The van der Waals surface area contributed by atoms with E-state index in [9.17, 15) is 4.79 Å². The average Bonchev–Trinajstić information content (AvgIpc) is 2.66. The molecule has 1 atom stereocenters. The maximum absolute atomic E-state index is 12.3. The third-order valence-electron chi connectivity index (χ3n) is 4.61. The molecule has 0 saturated carbocycles. The highest BCUT2D eigenvalue weighted by molar-refractivity contribution is 5.85. The first kappa shape index (κ1) is 25.8. The summed E-state index contributed by atoms with van der Waals surface area (Å²) in [6.45, 7) is 4.21. The number of halogens is 2. The highest BCUT2D eigenvalue weighted by atomic mass is 35.5. The van der Waals surface area contributed by atoms with Gasteiger partial charge in [0, 0.05) is 51.9 Å². The molecule has 1 amide bonds. The van der Waals surface area contributed by atoms with Crippen LogP contribution in [-0.2, 0) is 16.1 Å². The van der Waals surface area contributed by atoms with Crippen molar-refractivity contribution in [1.29, 1.82) is 0 Å². The summed E-state index contributed by atoms with van der Waals surface area (Å²) in [5.41, 5.74) is 6.68. The van der Waals surface area contributed by atoms with E-state index in [0.717, 1.165) is 36.7 Å². The second kappa shape index (κ2) is 13.0. The van der Waals surface area contributed by atoms with Crippen molar-refractivity contribution >= 4 is 30.7 Å². The van der Waals surface area contributed by atoms with Crippen LogP contribution in [0.15, 0.2) is 18.2 Å². The zero-order valence-electron chi connectivity index (χ0n) is 16.2. The molecule has 7 nitrogen and oxygen atoms in total. The minimum Gasteiger partial charge on any atom is -0.497 e. The first-order valence-electron chi connectivity index (χ1n) is 8.55. The number of carbonyl (C=O) groups excluding carboxylic acids is 1. The van der Waals surface area contributed by atoms with Gasteiger partial charge in [0.15, 0.2) is 0 Å². The molecular weight excluding hydrogens is 393 g/mol. The van der Waals surface area contributed by atoms with E-state index < -0.39 is 0 Å². The van der Waals surface area contributed by atoms with Gasteiger partial charge in [-0.3, -0.25) is 9.69 Å². The van der Waals surface area contributed by atoms with Crippen molar-refractivity contribution in [2.45, 2.75) is 19.1 Å². The van der Waals surface area contributed by atoms with Gasteiger partial charge < -0.3 is 24.8 Å². The molecule has 1 aromatic rings. The predicted octanol–water partition coefficient (Wildman–Crippen LogP) is 1.56. The molecule has 156 valence electrons. The first-order chi connectivity index (χ1) is 12.1. The highest BCUT2D eigenvalue weighted by Gasteiger charge is 2.23. The van der Waals surface area contributed by atoms with Crippen LogP contribution in [0, 0.1) is 0 Å². The molecule has 0 aliphatic carbocycles. The summed E-state index contributed by atoms with van der Waals surface area (Å²) in [6, 6.07) is 5.81. The molecule has 1 aliphatic rings. The van der Waals surface area contributed by atoms with Crippen LogP contribution >= 0.6 is 24.8 Å². The van der Waals surface area contributed by atoms with Crippen LogP contribution in [-0.4, -0.2) is 75.9 Å². The van der Waals surface area contributed by atoms with E-state index in [-0.39, 0.29) is 36.8 Å². The molecule has 0 spiro atoms. The number of amides is 1. The maximum Gasteiger partial charge on any atom is 0.225 e. The van der Waals surface area contributed by atoms with Crippen molar-refractivity contribution in [2.75, 3.05) is 54.1 Å². The van der Waals surface area contributed by atoms with E-state index in [4.69, 9.17) is 19.9 Å². The summed E-state index contributed by atoms with van der Waals surface area (Å²) in [5, 5.41) is 0. The van der Waals surface area contributed by atoms with Gasteiger partial charge >= 0.3 is 0 Å². The average molecular weight is 424 g/mol. The van der Waals surface area contributed by atoms with Gasteiger partial charge in [-0.1, -0.05) is 0 Å². The van der Waals surface area contributed by atoms with Crippen molar-refractivity contribution in [3.8, 4) is 11.5 Å². The standard InChI is InChI=1S/C18H29N3O4.2ClH/c1-23-15-4-5-17(25-3)14(10-15)13-20-6-8-21(9-7-20)18(22)11-16(12-19)24-2;;/h4-5,10,16H,6-9,11-13,19H2,1-3H3;2*1H. The Bertz CT molecular complexity index is 566. The number of piperazine rings is 1. The minimum absolute atomic E-state index is 0. The molecule has 1 aliphatic heterocycles. The Morgan fingerprint density at radius 1 is 1.11 bits per heavy atom. The summed E-state index contributed by atoms with van der Waals surface area (Å²) in [5.74, 6) is 1.78. The normalized spacial score (nSPS) is 15.3. The van der Waals surface area contributed by atoms with E-state index in [1.54, 1.807) is 21.3 Å². The molecular formula is C18H31Cl2N3O4. The van der Waals surface area contributed by atoms with Gasteiger partial charge in [-0.05, 0) is 18.2 Å². The number of hydrogen-bond acceptors (Lipinski definition) is 6. The molecule has 1 fully saturated rings. The number of ether oxygens (including phenoxy) is 3. The van der Waals surface area contributed by atoms with Gasteiger partial charge in [0.25, 0.3) is 0 Å². The van der Waals surface area contributed by atoms with Gasteiger partial charge in [-0.15, -0.1) is 24.8 Å². The SMILES string of the molecule is COc1ccc(OC)c(CN2CCN(C(=O)CC(CN)OC)CC2)c1.Cl.Cl. The van der Waals surface area contributed by atoms with Crippen LogP contribution in [0.25, 0.3) is 0 Å². The molecule has 1 aromatic carbocycles. The van der Waals surface area contributed by atoms with Crippen LogP contribution in [0.5, 0.6) is 11.5 Å². The lowest BCUT2D eigenvalue weighted by atomic mass is 10.1. The van der Waals surface area contributed by atoms with Crippen molar-refractivity contribution in [2.24, 2.45) is 5.73 Å². The Labute approximate surface area is 173 Å². The molecule has 9 heteroatoms. The molecule has 27 heavy (non-hydrogen) atoms. The summed E-state index contributed by atoms with van der Waals surface area (Å²) < 4.78 is 15.9. The Kier molecular flexibility index (Phi) is 12.4. The Morgan fingerprint density at radius 2 is 1.78 bits per heavy atom. The first-order valence-corrected chi connectivity index (χ1v) is 8.55. The van der Waals surface area contributed by atoms with Gasteiger partial charge in [-0.25, -0.2) is 0 Å². The molecule has 0 aromatic heterocycles. The maximum atomic E-state index is 12.3. The van der Waals surface area contributed by atoms with Crippen LogP contribution in [0.2, 0.25) is 0 Å². The molecule has 0 bridgehead atoms. The summed E-state index contributed by atoms with van der Waals surface area (Å²) >= 11 is 0. The number of carbonyl (C=O) groups is 1. The van der Waals surface area contributed by atoms with E-state index in [1.165, 1.54) is 0 Å². The summed E-state index contributed by atoms with van der Waals surface area (Å²) in [4.78, 5) is 16.5. The second-order valence-corrected chi connectivity index (χ2v) is 6.13. The van der Waals surface area contributed by atoms with Crippen LogP contribution in [0.4, 0.5) is 0 Å². The third-order valence-corrected chi connectivity index (χ3v) is 4.61. The Morgan fingerprint density at radius 3 is 2.30 bits per heavy atom. The smallest absolute Gasteiger partial charge is 0.225 e. The number of benzene rings is 1. The van der Waals surface area contributed by atoms with Crippen LogP contribution in [0.1, 0.15) is 12.0 Å². The molecule has 2 N–H and O–H groups in total. The molecule has 2 rings (SSSR count). The van der Waals surface area contributed by atoms with E-state index >= 15 is 0 Å². The lowest BCUT2D eigenvalue weighted by Gasteiger charge is -2.35. The van der Waals surface area contributed by atoms with Gasteiger partial charge in [0.2, 0.25) is 5.91 Å². The number of nitrogens with zero attached hydrogens (tertiary/aromatic N) is 2. The molecule has 1 unspecified atom stereocenters. The lowest BCUT2D eigenvalue weighted by Crippen LogP contribution is -2.49. The molecule has 0 radical (unpaired) electrons. The number of methoxy groups -OCH3 is 3. The minimum atomic E-state index is -0.202. The number of hydrogen-bond donors (Lipinski definition) is 1. The van der Waals surface area contributed by atoms with Crippen molar-refractivity contribution in [1.82, 2.24) is 9.80 Å². The van der Waals surface area contributed by atoms with Crippen molar-refractivity contribution in [3.63, 3.8) is 0 Å². The Hall–Kier alpha value is -1.25. The fourth-order valence-electron chi connectivity index (χ4n) is 2.99. The van der Waals surface area contributed by atoms with Crippen molar-refractivity contribution < 1.29 is 19.0 Å². The zero-order chi connectivity index (χ0) is 18.2. The van der Waals surface area contributed by atoms with Crippen molar-refractivity contribution in [3.05, 3.63) is 23.8 Å². The van der Waals surface area contributed by atoms with Gasteiger partial charge in [0.05, 0.1) is 26.7 Å². The van der Waals surface area contributed by atoms with Crippen LogP contribution < -0.4 is 15.2 Å². The summed E-state index contributed by atoms with van der Waals surface area (Å²) in [7, 11) is 4.92. The quantitative estimate of drug-likeness (QED) is 0.683. The molecule has 1 saturated heterocycles. The van der Waals surface area contributed by atoms with Gasteiger partial charge in [0.1, 0.15) is 11.5 Å². The number of rotatable bonds is 8. The fourth-order valence-corrected chi connectivity index (χ4v) is 2.99. The predicted molar refractivity (Wildman–Crippen MR) is 110 cm³/mol. The largest absolute Gasteiger partial charge is 0.497 e. The zero-order valence-corrected chi connectivity index (χ0v) is 17.8. The lowest BCUT2D eigenvalue weighted by molar-refractivity contribution is -0.135. The van der Waals surface area contributed by atoms with E-state index in [2.05, 4.69) is 4.90 Å². The van der Waals surface area contributed by atoms with E-state index in [0.29, 0.717) is 26.1 Å². The Balaban J connectivity index is 0.00000338. The highest BCUT2D eigenvalue weighted by Crippen LogP contribution is 2.25. The fraction of sp³-hybridized carbons (Fsp3) is 0.611. The topological polar surface area (TPSA) is 77.3 Å². The van der Waals surface area contributed by atoms with E-state index in [1.807, 2.05) is 23.1 Å². The monoisotopic (exact) mass is 423 g/mol. The third kappa shape index (κ3) is 7.35. The van der Waals surface area contributed by atoms with Crippen LogP contribution in [0.3, 0.4) is 0 Å².